The number of aliphatic hydroxyl groups excluding tert-OH is 1. The molecule has 5 N–H and O–H groups in total. The number of nitrogens with one attached hydrogen (secondary N) is 3. The Morgan fingerprint density at radius 2 is 1.65 bits per heavy atom. The summed E-state index contributed by atoms with van der Waals surface area (Å²) in [5.74, 6) is -0.119. The Hall–Kier alpha value is -7.29. The number of allylic oxidation sites excluding steroid dienone is 1. The molecule has 0 radical (unpaired) electrons. The van der Waals surface area contributed by atoms with E-state index < -0.39 is 35.1 Å². The van der Waals surface area contributed by atoms with Crippen LogP contribution in [0, 0.1) is 12.3 Å². The van der Waals surface area contributed by atoms with E-state index in [1.54, 1.807) is 22.1 Å². The zero-order valence-corrected chi connectivity index (χ0v) is 47.0. The van der Waals surface area contributed by atoms with Gasteiger partial charge in [0.2, 0.25) is 29.6 Å². The van der Waals surface area contributed by atoms with Crippen LogP contribution < -0.4 is 26.4 Å². The highest BCUT2D eigenvalue weighted by Gasteiger charge is 2.45. The average Bonchev–Trinajstić information content (AvgIpc) is 4.43. The van der Waals surface area contributed by atoms with Gasteiger partial charge in [-0.05, 0) is 98.4 Å². The zero-order valence-electron chi connectivity index (χ0n) is 46.2. The van der Waals surface area contributed by atoms with Gasteiger partial charge in [-0.25, -0.2) is 24.3 Å². The van der Waals surface area contributed by atoms with Gasteiger partial charge in [-0.1, -0.05) is 76.9 Å². The van der Waals surface area contributed by atoms with Crippen molar-refractivity contribution in [2.45, 2.75) is 142 Å². The minimum Gasteiger partial charge on any atom is -0.391 e. The SMILES string of the molecule is C=CCn1c(=O)c2cnc(Nc3ccc(N4CCN(C(=O)CCCCCCC(=O)N[C@H](C(=O)N5C[C@H](O)C[C@H]5C(=O)N[C@@H](C)c5ccc(-c6scnc6C)cc5)C(C)(C)C)CC4)cc3)nc2n1-c1ccc2c(n1)[C@@](O)(CC)CC2. The lowest BCUT2D eigenvalue weighted by Gasteiger charge is -2.36. The molecule has 5 atom stereocenters. The van der Waals surface area contributed by atoms with Gasteiger partial charge in [0.25, 0.3) is 5.56 Å². The molecular formula is C59H74N12O7S. The first-order valence-electron chi connectivity index (χ1n) is 27.7. The Bertz CT molecular complexity index is 3250. The standard InChI is InChI=1S/C59H74N12O7S/c1-8-28-70-55(76)45-34-60-57(66-53(45)71(70)47-25-20-41-26-27-59(78,9-2)51(41)64-47)63-42-21-23-43(24-22-42)67-29-31-68(32-30-67)49(74)15-13-11-10-12-14-48(73)65-52(58(5,6)7)56(77)69-35-44(72)33-46(69)54(75)62-37(3)39-16-18-40(19-17-39)50-38(4)61-36-79-50/h8,16-25,34,36-37,44,46,52,72,78H,1,9-15,26-33,35H2,2-7H3,(H,62,75)(H,65,73)(H,60,63,66)/t37-,44+,46-,52+,59+/m0/s1. The van der Waals surface area contributed by atoms with Gasteiger partial charge >= 0.3 is 0 Å². The molecule has 1 aliphatic carbocycles. The van der Waals surface area contributed by atoms with Crippen molar-refractivity contribution in [1.29, 1.82) is 0 Å². The van der Waals surface area contributed by atoms with Gasteiger partial charge in [-0.2, -0.15) is 4.98 Å². The predicted molar refractivity (Wildman–Crippen MR) is 306 cm³/mol. The van der Waals surface area contributed by atoms with Crippen LogP contribution in [0.3, 0.4) is 0 Å². The number of piperazine rings is 1. The van der Waals surface area contributed by atoms with Gasteiger partial charge < -0.3 is 40.9 Å². The van der Waals surface area contributed by atoms with Gasteiger partial charge in [0.05, 0.1) is 40.5 Å². The van der Waals surface area contributed by atoms with Gasteiger partial charge in [0.1, 0.15) is 23.1 Å². The summed E-state index contributed by atoms with van der Waals surface area (Å²) in [6, 6.07) is 17.6. The molecule has 4 aromatic heterocycles. The molecule has 19 nitrogen and oxygen atoms in total. The molecule has 2 saturated heterocycles. The number of likely N-dealkylation sites (tertiary alicyclic amines) is 1. The highest BCUT2D eigenvalue weighted by molar-refractivity contribution is 7.13. The molecule has 2 fully saturated rings. The highest BCUT2D eigenvalue weighted by atomic mass is 32.1. The van der Waals surface area contributed by atoms with Gasteiger partial charge in [0.15, 0.2) is 11.5 Å². The van der Waals surface area contributed by atoms with Crippen LogP contribution >= 0.6 is 11.3 Å². The molecule has 2 aliphatic heterocycles. The molecule has 6 aromatic rings. The number of pyridine rings is 1. The molecule has 0 bridgehead atoms. The Balaban J connectivity index is 0.704. The van der Waals surface area contributed by atoms with Gasteiger partial charge in [-0.15, -0.1) is 17.9 Å². The quantitative estimate of drug-likeness (QED) is 0.0375. The minimum atomic E-state index is -1.02. The lowest BCUT2D eigenvalue weighted by atomic mass is 9.85. The van der Waals surface area contributed by atoms with Gasteiger partial charge in [0, 0.05) is 69.6 Å². The summed E-state index contributed by atoms with van der Waals surface area (Å²) in [7, 11) is 0. The summed E-state index contributed by atoms with van der Waals surface area (Å²) in [4.78, 5) is 93.3. The van der Waals surface area contributed by atoms with Crippen molar-refractivity contribution in [2.75, 3.05) is 42.9 Å². The summed E-state index contributed by atoms with van der Waals surface area (Å²) in [5.41, 5.74) is 6.57. The largest absolute Gasteiger partial charge is 0.391 e. The maximum Gasteiger partial charge on any atom is 0.278 e. The van der Waals surface area contributed by atoms with E-state index in [9.17, 15) is 34.2 Å². The van der Waals surface area contributed by atoms with E-state index in [1.807, 2.05) is 113 Å². The first-order valence-corrected chi connectivity index (χ1v) is 28.5. The molecule has 3 aliphatic rings. The van der Waals surface area contributed by atoms with Crippen LogP contribution in [0.2, 0.25) is 0 Å². The Kier molecular flexibility index (Phi) is 17.1. The number of fused-ring (bicyclic) bond motifs is 2. The molecule has 0 unspecified atom stereocenters. The van der Waals surface area contributed by atoms with E-state index in [0.29, 0.717) is 86.8 Å². The van der Waals surface area contributed by atoms with Crippen molar-refractivity contribution in [1.82, 2.24) is 49.7 Å². The van der Waals surface area contributed by atoms with Crippen LogP contribution in [0.1, 0.15) is 121 Å². The number of carbonyl (C=O) groups is 4. The maximum absolute atomic E-state index is 14.2. The smallest absolute Gasteiger partial charge is 0.278 e. The van der Waals surface area contributed by atoms with Crippen molar-refractivity contribution in [3.05, 3.63) is 118 Å². The summed E-state index contributed by atoms with van der Waals surface area (Å²) in [6.07, 6.45) is 7.75. The van der Waals surface area contributed by atoms with Crippen LogP contribution in [0.4, 0.5) is 17.3 Å². The van der Waals surface area contributed by atoms with Crippen molar-refractivity contribution < 1.29 is 29.4 Å². The number of rotatable bonds is 20. The molecule has 0 spiro atoms. The minimum absolute atomic E-state index is 0.00186. The van der Waals surface area contributed by atoms with Crippen LogP contribution in [0.15, 0.2) is 89.8 Å². The number of anilines is 3. The summed E-state index contributed by atoms with van der Waals surface area (Å²) >= 11 is 1.58. The van der Waals surface area contributed by atoms with Crippen molar-refractivity contribution >= 4 is 63.3 Å². The van der Waals surface area contributed by atoms with E-state index in [2.05, 4.69) is 37.4 Å². The van der Waals surface area contributed by atoms with E-state index in [4.69, 9.17) is 9.97 Å². The number of aryl methyl sites for hydroxylation is 2. The average molecular weight is 1100 g/mol. The van der Waals surface area contributed by atoms with Crippen LogP contribution in [0.5, 0.6) is 0 Å². The molecule has 9 rings (SSSR count). The predicted octanol–water partition coefficient (Wildman–Crippen LogP) is 7.24. The number of unbranched alkanes of at least 4 members (excludes halogenated alkanes) is 3. The normalized spacial score (nSPS) is 19.1. The first-order chi connectivity index (χ1) is 37.8. The van der Waals surface area contributed by atoms with E-state index in [1.165, 1.54) is 15.8 Å². The number of hydrogen-bond acceptors (Lipinski definition) is 14. The Morgan fingerprint density at radius 1 is 0.924 bits per heavy atom. The fourth-order valence-corrected chi connectivity index (χ4v) is 11.8. The number of amides is 4. The van der Waals surface area contributed by atoms with E-state index in [-0.39, 0.29) is 55.3 Å². The maximum atomic E-state index is 14.2. The van der Waals surface area contributed by atoms with E-state index in [0.717, 1.165) is 57.9 Å². The summed E-state index contributed by atoms with van der Waals surface area (Å²) in [6.45, 7) is 18.1. The number of nitrogens with zero attached hydrogens (tertiary/aromatic N) is 9. The number of aliphatic hydroxyl groups is 2. The third-order valence-corrected chi connectivity index (χ3v) is 16.7. The Morgan fingerprint density at radius 3 is 2.32 bits per heavy atom. The van der Waals surface area contributed by atoms with E-state index >= 15 is 0 Å². The van der Waals surface area contributed by atoms with Crippen molar-refractivity contribution in [3.63, 3.8) is 0 Å². The van der Waals surface area contributed by atoms with Crippen LogP contribution in [-0.4, -0.2) is 124 Å². The molecule has 0 saturated carbocycles. The first kappa shape index (κ1) is 56.4. The molecule has 4 amide bonds. The summed E-state index contributed by atoms with van der Waals surface area (Å²) in [5, 5.41) is 31.6. The van der Waals surface area contributed by atoms with Gasteiger partial charge in [-0.3, -0.25) is 24.0 Å². The second-order valence-electron chi connectivity index (χ2n) is 22.3. The number of β-amino-alcohol motifs (C(OH)–C–C–N with tert-alkyl or cyclic N) is 1. The topological polar surface area (TPSA) is 233 Å². The second kappa shape index (κ2) is 24.0. The molecule has 418 valence electrons. The van der Waals surface area contributed by atoms with Crippen LogP contribution in [0.25, 0.3) is 27.3 Å². The number of thiazole rings is 1. The lowest BCUT2D eigenvalue weighted by molar-refractivity contribution is -0.144. The number of hydrogen-bond donors (Lipinski definition) is 5. The fourth-order valence-electron chi connectivity index (χ4n) is 11.0. The Labute approximate surface area is 465 Å². The number of benzene rings is 2. The number of carbonyl (C=O) groups excluding carboxylic acids is 4. The third kappa shape index (κ3) is 12.5. The summed E-state index contributed by atoms with van der Waals surface area (Å²) < 4.78 is 3.19. The molecular weight excluding hydrogens is 1020 g/mol. The lowest BCUT2D eigenvalue weighted by Crippen LogP contribution is -2.57. The molecule has 2 aromatic carbocycles. The second-order valence-corrected chi connectivity index (χ2v) is 23.2. The third-order valence-electron chi connectivity index (χ3n) is 15.7. The molecule has 20 heteroatoms. The van der Waals surface area contributed by atoms with Crippen molar-refractivity contribution in [3.8, 4) is 16.3 Å². The highest BCUT2D eigenvalue weighted by Crippen LogP contribution is 2.39. The van der Waals surface area contributed by atoms with Crippen molar-refractivity contribution in [2.24, 2.45) is 5.41 Å². The zero-order chi connectivity index (χ0) is 56.2. The fraction of sp³-hybridized carbons (Fsp3) is 0.475. The number of aromatic nitrogens is 6. The monoisotopic (exact) mass is 1090 g/mol. The molecule has 6 heterocycles. The molecule has 79 heavy (non-hydrogen) atoms. The van der Waals surface area contributed by atoms with Crippen LogP contribution in [-0.2, 0) is 37.7 Å².